The zero-order valence-electron chi connectivity index (χ0n) is 22.1. The lowest BCUT2D eigenvalue weighted by molar-refractivity contribution is -0.138. The molecule has 3 aliphatic rings. The van der Waals surface area contributed by atoms with Crippen molar-refractivity contribution in [2.45, 2.75) is 83.5 Å². The number of halogens is 1. The number of aryl methyl sites for hydroxylation is 1. The van der Waals surface area contributed by atoms with E-state index in [4.69, 9.17) is 4.74 Å². The van der Waals surface area contributed by atoms with Gasteiger partial charge in [-0.25, -0.2) is 4.39 Å². The molecule has 2 unspecified atom stereocenters. The van der Waals surface area contributed by atoms with Gasteiger partial charge in [-0.15, -0.1) is 0 Å². The van der Waals surface area contributed by atoms with Gasteiger partial charge in [0.05, 0.1) is 35.6 Å². The Bertz CT molecular complexity index is 1190. The van der Waals surface area contributed by atoms with E-state index in [9.17, 15) is 14.0 Å². The van der Waals surface area contributed by atoms with Crippen molar-refractivity contribution in [2.24, 2.45) is 0 Å². The van der Waals surface area contributed by atoms with Crippen LogP contribution in [0.4, 0.5) is 21.5 Å². The zero-order chi connectivity index (χ0) is 26.8. The molecule has 2 aromatic carbocycles. The molecule has 0 aromatic heterocycles. The van der Waals surface area contributed by atoms with Crippen molar-refractivity contribution < 1.29 is 18.7 Å². The van der Waals surface area contributed by atoms with Gasteiger partial charge in [0.2, 0.25) is 18.2 Å². The molecule has 0 bridgehead atoms. The van der Waals surface area contributed by atoms with E-state index in [1.165, 1.54) is 6.07 Å². The van der Waals surface area contributed by atoms with E-state index < -0.39 is 24.6 Å². The van der Waals surface area contributed by atoms with Gasteiger partial charge in [-0.1, -0.05) is 19.1 Å². The molecule has 9 nitrogen and oxygen atoms in total. The predicted octanol–water partition coefficient (Wildman–Crippen LogP) is 3.73. The molecular formula is C28H37FN6O3. The smallest absolute Gasteiger partial charge is 0.238 e. The fraction of sp³-hybridized carbons (Fsp3) is 0.500. The van der Waals surface area contributed by atoms with Gasteiger partial charge in [-0.2, -0.15) is 0 Å². The summed E-state index contributed by atoms with van der Waals surface area (Å²) in [5.74, 6) is -0.0381. The number of piperidine rings is 1. The second-order valence-electron chi connectivity index (χ2n) is 10.4. The standard InChI is InChI=1S/C28H37FN6O3/c1-4-18-8-5-6-13-35(18)24(36)15-22(33-28-32-21-14-16(2)11-12-23(21)38-28)27(37)30-17(3)26-31-20-10-7-9-19(29)25(20)34-26/h7,9-12,14,17-18,22,26,28,31-34H,4-6,8,13,15H2,1-3H3,(H,30,37)/t17-,18-,22-,26?,28?/m0/s1. The van der Waals surface area contributed by atoms with Gasteiger partial charge in [0, 0.05) is 12.6 Å². The number of carbonyl (C=O) groups is 2. The highest BCUT2D eigenvalue weighted by molar-refractivity contribution is 5.89. The number of likely N-dealkylation sites (tertiary alicyclic amines) is 1. The van der Waals surface area contributed by atoms with Crippen LogP contribution >= 0.6 is 0 Å². The second-order valence-corrected chi connectivity index (χ2v) is 10.4. The van der Waals surface area contributed by atoms with Gasteiger partial charge in [-0.3, -0.25) is 14.9 Å². The number of carbonyl (C=O) groups excluding carboxylic acids is 2. The molecule has 5 N–H and O–H groups in total. The molecule has 0 spiro atoms. The lowest BCUT2D eigenvalue weighted by atomic mass is 9.99. The van der Waals surface area contributed by atoms with Gasteiger partial charge in [0.1, 0.15) is 17.7 Å². The number of anilines is 3. The zero-order valence-corrected chi connectivity index (χ0v) is 22.1. The first-order chi connectivity index (χ1) is 18.3. The highest BCUT2D eigenvalue weighted by Crippen LogP contribution is 2.33. The summed E-state index contributed by atoms with van der Waals surface area (Å²) in [6.45, 7) is 6.64. The summed E-state index contributed by atoms with van der Waals surface area (Å²) < 4.78 is 20.2. The maximum atomic E-state index is 14.2. The van der Waals surface area contributed by atoms with Gasteiger partial charge in [0.15, 0.2) is 0 Å². The summed E-state index contributed by atoms with van der Waals surface area (Å²) in [7, 11) is 0. The van der Waals surface area contributed by atoms with Crippen LogP contribution < -0.4 is 31.3 Å². The van der Waals surface area contributed by atoms with Gasteiger partial charge >= 0.3 is 0 Å². The Labute approximate surface area is 222 Å². The molecule has 0 aliphatic carbocycles. The number of amides is 2. The minimum Gasteiger partial charge on any atom is -0.455 e. The first-order valence-corrected chi connectivity index (χ1v) is 13.5. The molecule has 0 radical (unpaired) electrons. The highest BCUT2D eigenvalue weighted by atomic mass is 19.1. The monoisotopic (exact) mass is 524 g/mol. The number of nitrogens with one attached hydrogen (secondary N) is 5. The number of hydrogen-bond donors (Lipinski definition) is 5. The van der Waals surface area contributed by atoms with Crippen LogP contribution in [0.5, 0.6) is 5.75 Å². The number of para-hydroxylation sites is 1. The quantitative estimate of drug-likeness (QED) is 0.358. The molecule has 2 aromatic rings. The van der Waals surface area contributed by atoms with Gasteiger partial charge in [0.25, 0.3) is 0 Å². The normalized spacial score (nSPS) is 23.2. The summed E-state index contributed by atoms with van der Waals surface area (Å²) in [5, 5.41) is 15.8. The van der Waals surface area contributed by atoms with Gasteiger partial charge < -0.3 is 30.9 Å². The SMILES string of the molecule is CC[C@H]1CCCCN1C(=O)C[C@H](NC1Nc2cc(C)ccc2O1)C(=O)N[C@@H](C)C1Nc2cccc(F)c2N1. The molecule has 204 valence electrons. The van der Waals surface area contributed by atoms with Crippen LogP contribution in [0.25, 0.3) is 0 Å². The van der Waals surface area contributed by atoms with E-state index in [1.54, 1.807) is 12.1 Å². The van der Waals surface area contributed by atoms with E-state index in [0.29, 0.717) is 23.7 Å². The summed E-state index contributed by atoms with van der Waals surface area (Å²) in [4.78, 5) is 28.9. The predicted molar refractivity (Wildman–Crippen MR) is 145 cm³/mol. The van der Waals surface area contributed by atoms with Crippen LogP contribution in [-0.2, 0) is 9.59 Å². The summed E-state index contributed by atoms with van der Waals surface area (Å²) in [6, 6.07) is 9.61. The molecule has 38 heavy (non-hydrogen) atoms. The Morgan fingerprint density at radius 2 is 2.00 bits per heavy atom. The Hall–Kier alpha value is -3.53. The molecule has 1 saturated heterocycles. The molecular weight excluding hydrogens is 487 g/mol. The maximum Gasteiger partial charge on any atom is 0.238 e. The number of benzene rings is 2. The van der Waals surface area contributed by atoms with E-state index in [2.05, 4.69) is 33.5 Å². The molecule has 2 amide bonds. The Morgan fingerprint density at radius 1 is 1.16 bits per heavy atom. The summed E-state index contributed by atoms with van der Waals surface area (Å²) in [5.41, 5.74) is 2.95. The molecule has 0 saturated carbocycles. The van der Waals surface area contributed by atoms with Crippen LogP contribution in [0.3, 0.4) is 0 Å². The number of ether oxygens (including phenoxy) is 1. The van der Waals surface area contributed by atoms with Crippen molar-refractivity contribution in [1.29, 1.82) is 0 Å². The Morgan fingerprint density at radius 3 is 2.79 bits per heavy atom. The van der Waals surface area contributed by atoms with Crippen LogP contribution in [0.15, 0.2) is 36.4 Å². The maximum absolute atomic E-state index is 14.2. The molecule has 3 heterocycles. The summed E-state index contributed by atoms with van der Waals surface area (Å²) in [6.07, 6.45) is 2.92. The van der Waals surface area contributed by atoms with Crippen LogP contribution in [0, 0.1) is 12.7 Å². The lowest BCUT2D eigenvalue weighted by Gasteiger charge is -2.36. The molecule has 1 fully saturated rings. The highest BCUT2D eigenvalue weighted by Gasteiger charge is 2.35. The fourth-order valence-electron chi connectivity index (χ4n) is 5.50. The second kappa shape index (κ2) is 11.1. The van der Waals surface area contributed by atoms with E-state index in [-0.39, 0.29) is 30.1 Å². The lowest BCUT2D eigenvalue weighted by Crippen LogP contribution is -2.57. The van der Waals surface area contributed by atoms with Crippen molar-refractivity contribution >= 4 is 28.9 Å². The third-order valence-corrected chi connectivity index (χ3v) is 7.63. The van der Waals surface area contributed by atoms with Crippen LogP contribution in [0.1, 0.15) is 51.5 Å². The first-order valence-electron chi connectivity index (χ1n) is 13.5. The van der Waals surface area contributed by atoms with E-state index >= 15 is 0 Å². The third kappa shape index (κ3) is 5.50. The number of fused-ring (bicyclic) bond motifs is 2. The van der Waals surface area contributed by atoms with Crippen LogP contribution in [-0.4, -0.2) is 53.9 Å². The minimum absolute atomic E-state index is 0.00629. The number of rotatable bonds is 8. The fourth-order valence-corrected chi connectivity index (χ4v) is 5.50. The molecule has 5 atom stereocenters. The van der Waals surface area contributed by atoms with Crippen molar-refractivity contribution in [3.05, 3.63) is 47.8 Å². The van der Waals surface area contributed by atoms with Crippen molar-refractivity contribution in [2.75, 3.05) is 22.5 Å². The van der Waals surface area contributed by atoms with Crippen molar-refractivity contribution in [1.82, 2.24) is 15.5 Å². The molecule has 10 heteroatoms. The van der Waals surface area contributed by atoms with Crippen molar-refractivity contribution in [3.8, 4) is 5.75 Å². The first kappa shape index (κ1) is 26.1. The average Bonchev–Trinajstić information content (AvgIpc) is 3.52. The average molecular weight is 525 g/mol. The van der Waals surface area contributed by atoms with Gasteiger partial charge in [-0.05, 0) is 69.4 Å². The number of hydrogen-bond acceptors (Lipinski definition) is 7. The Balaban J connectivity index is 1.28. The Kier molecular flexibility index (Phi) is 7.60. The molecule has 3 aliphatic heterocycles. The largest absolute Gasteiger partial charge is 0.455 e. The van der Waals surface area contributed by atoms with Crippen LogP contribution in [0.2, 0.25) is 0 Å². The summed E-state index contributed by atoms with van der Waals surface area (Å²) >= 11 is 0. The van der Waals surface area contributed by atoms with Crippen molar-refractivity contribution in [3.63, 3.8) is 0 Å². The topological polar surface area (TPSA) is 107 Å². The minimum atomic E-state index is -0.835. The molecule has 5 rings (SSSR count). The third-order valence-electron chi connectivity index (χ3n) is 7.63. The van der Waals surface area contributed by atoms with E-state index in [0.717, 1.165) is 36.9 Å². The van der Waals surface area contributed by atoms with E-state index in [1.807, 2.05) is 36.9 Å². The number of nitrogens with zero attached hydrogens (tertiary/aromatic N) is 1.